The minimum absolute atomic E-state index is 0.0481. The topological polar surface area (TPSA) is 125 Å². The molecule has 0 amide bonds. The standard InChI is InChI=1S/C8H9N7O2/c1-5-10-2-3-14(5)8-6(15(16)17)7(13-9)11-4-12-8/h2-4H,9H2,1H3,(H,11,12,13). The average molecular weight is 235 g/mol. The summed E-state index contributed by atoms with van der Waals surface area (Å²) in [5, 5.41) is 11.0. The fraction of sp³-hybridized carbons (Fsp3) is 0.125. The summed E-state index contributed by atoms with van der Waals surface area (Å²) in [5.41, 5.74) is 1.88. The molecule has 2 aromatic heterocycles. The zero-order valence-electron chi connectivity index (χ0n) is 8.86. The van der Waals surface area contributed by atoms with Crippen molar-refractivity contribution in [3.63, 3.8) is 0 Å². The molecule has 0 saturated heterocycles. The van der Waals surface area contributed by atoms with E-state index in [1.807, 2.05) is 0 Å². The lowest BCUT2D eigenvalue weighted by Gasteiger charge is -2.06. The molecule has 0 bridgehead atoms. The highest BCUT2D eigenvalue weighted by Crippen LogP contribution is 2.27. The van der Waals surface area contributed by atoms with Crippen molar-refractivity contribution in [3.8, 4) is 5.82 Å². The lowest BCUT2D eigenvalue weighted by Crippen LogP contribution is -2.14. The van der Waals surface area contributed by atoms with Gasteiger partial charge in [0.25, 0.3) is 0 Å². The lowest BCUT2D eigenvalue weighted by atomic mass is 10.4. The van der Waals surface area contributed by atoms with E-state index in [2.05, 4.69) is 20.4 Å². The molecule has 0 saturated carbocycles. The summed E-state index contributed by atoms with van der Waals surface area (Å²) in [5.74, 6) is 5.83. The molecule has 0 aliphatic rings. The largest absolute Gasteiger partial charge is 0.355 e. The van der Waals surface area contributed by atoms with Gasteiger partial charge in [0.2, 0.25) is 11.6 Å². The van der Waals surface area contributed by atoms with E-state index in [1.54, 1.807) is 13.1 Å². The van der Waals surface area contributed by atoms with Crippen LogP contribution >= 0.6 is 0 Å². The van der Waals surface area contributed by atoms with Gasteiger partial charge in [-0.15, -0.1) is 0 Å². The van der Waals surface area contributed by atoms with Gasteiger partial charge < -0.3 is 5.43 Å². The maximum absolute atomic E-state index is 11.0. The molecule has 0 aromatic carbocycles. The van der Waals surface area contributed by atoms with Crippen LogP contribution in [0.1, 0.15) is 5.82 Å². The van der Waals surface area contributed by atoms with E-state index >= 15 is 0 Å². The molecule has 3 N–H and O–H groups in total. The summed E-state index contributed by atoms with van der Waals surface area (Å²) in [7, 11) is 0. The molecule has 17 heavy (non-hydrogen) atoms. The van der Waals surface area contributed by atoms with Crippen LogP contribution in [0.4, 0.5) is 11.5 Å². The zero-order chi connectivity index (χ0) is 12.4. The van der Waals surface area contributed by atoms with E-state index in [1.165, 1.54) is 17.1 Å². The van der Waals surface area contributed by atoms with Crippen molar-refractivity contribution in [1.29, 1.82) is 0 Å². The van der Waals surface area contributed by atoms with Gasteiger partial charge in [0, 0.05) is 12.4 Å². The summed E-state index contributed by atoms with van der Waals surface area (Å²) < 4.78 is 1.49. The monoisotopic (exact) mass is 235 g/mol. The number of rotatable bonds is 3. The van der Waals surface area contributed by atoms with Gasteiger partial charge in [-0.2, -0.15) is 0 Å². The Bertz CT molecular complexity index is 565. The minimum atomic E-state index is -0.593. The highest BCUT2D eigenvalue weighted by Gasteiger charge is 2.24. The second-order valence-electron chi connectivity index (χ2n) is 3.14. The number of nitrogens with zero attached hydrogens (tertiary/aromatic N) is 5. The summed E-state index contributed by atoms with van der Waals surface area (Å²) >= 11 is 0. The Kier molecular flexibility index (Phi) is 2.66. The number of anilines is 1. The number of aromatic nitrogens is 4. The second kappa shape index (κ2) is 4.14. The number of imidazole rings is 1. The fourth-order valence-electron chi connectivity index (χ4n) is 1.42. The summed E-state index contributed by atoms with van der Waals surface area (Å²) in [4.78, 5) is 22.0. The molecule has 9 heteroatoms. The molecule has 88 valence electrons. The Morgan fingerprint density at radius 2 is 2.24 bits per heavy atom. The number of nitrogen functional groups attached to an aromatic ring is 1. The van der Waals surface area contributed by atoms with Crippen LogP contribution < -0.4 is 11.3 Å². The van der Waals surface area contributed by atoms with E-state index < -0.39 is 4.92 Å². The first-order valence-electron chi connectivity index (χ1n) is 4.61. The number of hydrazine groups is 1. The molecule has 2 heterocycles. The third-order valence-electron chi connectivity index (χ3n) is 2.18. The van der Waals surface area contributed by atoms with Crippen LogP contribution in [-0.4, -0.2) is 24.4 Å². The van der Waals surface area contributed by atoms with Crippen molar-refractivity contribution in [2.75, 3.05) is 5.43 Å². The van der Waals surface area contributed by atoms with E-state index in [-0.39, 0.29) is 17.3 Å². The van der Waals surface area contributed by atoms with Gasteiger partial charge in [-0.3, -0.25) is 14.7 Å². The molecule has 0 spiro atoms. The van der Waals surface area contributed by atoms with Crippen molar-refractivity contribution in [2.24, 2.45) is 5.84 Å². The van der Waals surface area contributed by atoms with Gasteiger partial charge in [-0.25, -0.2) is 20.8 Å². The van der Waals surface area contributed by atoms with Gasteiger partial charge >= 0.3 is 5.69 Å². The van der Waals surface area contributed by atoms with Crippen molar-refractivity contribution in [1.82, 2.24) is 19.5 Å². The number of hydrogen-bond acceptors (Lipinski definition) is 7. The SMILES string of the molecule is Cc1nccn1-c1ncnc(NN)c1[N+](=O)[O-]. The summed E-state index contributed by atoms with van der Waals surface area (Å²) in [6.45, 7) is 1.71. The van der Waals surface area contributed by atoms with E-state index in [0.717, 1.165) is 0 Å². The third-order valence-corrected chi connectivity index (χ3v) is 2.18. The van der Waals surface area contributed by atoms with Crippen LogP contribution in [0.15, 0.2) is 18.7 Å². The molecule has 0 unspecified atom stereocenters. The smallest absolute Gasteiger partial charge is 0.303 e. The molecular formula is C8H9N7O2. The Morgan fingerprint density at radius 1 is 1.47 bits per heavy atom. The number of hydrogen-bond donors (Lipinski definition) is 2. The summed E-state index contributed by atoms with van der Waals surface area (Å²) in [6, 6.07) is 0. The number of nitrogens with two attached hydrogens (primary N) is 1. The first-order valence-corrected chi connectivity index (χ1v) is 4.61. The van der Waals surface area contributed by atoms with Gasteiger partial charge in [0.05, 0.1) is 4.92 Å². The number of nitro groups is 1. The van der Waals surface area contributed by atoms with Crippen molar-refractivity contribution in [2.45, 2.75) is 6.92 Å². The van der Waals surface area contributed by atoms with Crippen LogP contribution in [0, 0.1) is 17.0 Å². The van der Waals surface area contributed by atoms with E-state index in [4.69, 9.17) is 5.84 Å². The average Bonchev–Trinajstić information content (AvgIpc) is 2.74. The Hall–Kier alpha value is -2.55. The van der Waals surface area contributed by atoms with Gasteiger partial charge in [-0.05, 0) is 6.92 Å². The molecule has 0 fully saturated rings. The fourth-order valence-corrected chi connectivity index (χ4v) is 1.42. The highest BCUT2D eigenvalue weighted by molar-refractivity contribution is 5.63. The zero-order valence-corrected chi connectivity index (χ0v) is 8.86. The van der Waals surface area contributed by atoms with Gasteiger partial charge in [0.1, 0.15) is 12.2 Å². The predicted molar refractivity (Wildman–Crippen MR) is 58.4 cm³/mol. The maximum Gasteiger partial charge on any atom is 0.355 e. The predicted octanol–water partition coefficient (Wildman–Crippen LogP) is 0.165. The van der Waals surface area contributed by atoms with Crippen LogP contribution in [0.3, 0.4) is 0 Å². The second-order valence-corrected chi connectivity index (χ2v) is 3.14. The summed E-state index contributed by atoms with van der Waals surface area (Å²) in [6.07, 6.45) is 4.29. The van der Waals surface area contributed by atoms with E-state index in [9.17, 15) is 10.1 Å². The highest BCUT2D eigenvalue weighted by atomic mass is 16.6. The van der Waals surface area contributed by atoms with Crippen LogP contribution in [0.5, 0.6) is 0 Å². The molecule has 9 nitrogen and oxygen atoms in total. The lowest BCUT2D eigenvalue weighted by molar-refractivity contribution is -0.384. The number of nitrogens with one attached hydrogen (secondary N) is 1. The third kappa shape index (κ3) is 1.78. The maximum atomic E-state index is 11.0. The normalized spacial score (nSPS) is 10.2. The first kappa shape index (κ1) is 11.0. The van der Waals surface area contributed by atoms with Crippen LogP contribution in [0.2, 0.25) is 0 Å². The Labute approximate surface area is 95.4 Å². The minimum Gasteiger partial charge on any atom is -0.303 e. The number of aryl methyl sites for hydroxylation is 1. The first-order chi connectivity index (χ1) is 8.15. The molecular weight excluding hydrogens is 226 g/mol. The quantitative estimate of drug-likeness (QED) is 0.441. The molecule has 0 aliphatic heterocycles. The Balaban J connectivity index is 2.70. The molecule has 2 rings (SSSR count). The van der Waals surface area contributed by atoms with Gasteiger partial charge in [0.15, 0.2) is 0 Å². The van der Waals surface area contributed by atoms with Crippen LogP contribution in [0.25, 0.3) is 5.82 Å². The molecule has 0 atom stereocenters. The van der Waals surface area contributed by atoms with Crippen LogP contribution in [-0.2, 0) is 0 Å². The van der Waals surface area contributed by atoms with Crippen molar-refractivity contribution < 1.29 is 4.92 Å². The molecule has 0 radical (unpaired) electrons. The Morgan fingerprint density at radius 3 is 2.76 bits per heavy atom. The van der Waals surface area contributed by atoms with Crippen molar-refractivity contribution >= 4 is 11.5 Å². The van der Waals surface area contributed by atoms with Crippen molar-refractivity contribution in [3.05, 3.63) is 34.7 Å². The van der Waals surface area contributed by atoms with E-state index in [0.29, 0.717) is 5.82 Å². The molecule has 2 aromatic rings. The van der Waals surface area contributed by atoms with Gasteiger partial charge in [-0.1, -0.05) is 0 Å². The molecule has 0 aliphatic carbocycles.